The molecule has 1 aromatic carbocycles. The molecular formula is C14H15BF4O2. The molecule has 0 bridgehead atoms. The second-order valence-corrected chi connectivity index (χ2v) is 5.87. The Labute approximate surface area is 120 Å². The van der Waals surface area contributed by atoms with Gasteiger partial charge in [-0.05, 0) is 45.9 Å². The maximum absolute atomic E-state index is 14.1. The van der Waals surface area contributed by atoms with E-state index in [0.29, 0.717) is 12.1 Å². The lowest BCUT2D eigenvalue weighted by Gasteiger charge is -2.32. The Bertz CT molecular complexity index is 583. The molecule has 1 saturated heterocycles. The zero-order chi connectivity index (χ0) is 16.0. The van der Waals surface area contributed by atoms with Gasteiger partial charge < -0.3 is 9.31 Å². The predicted molar refractivity (Wildman–Crippen MR) is 71.5 cm³/mol. The molecule has 21 heavy (non-hydrogen) atoms. The first-order valence-electron chi connectivity index (χ1n) is 6.41. The fourth-order valence-corrected chi connectivity index (χ4v) is 1.84. The average molecular weight is 302 g/mol. The molecule has 114 valence electrons. The summed E-state index contributed by atoms with van der Waals surface area (Å²) in [5.74, 6) is -3.79. The molecule has 0 spiro atoms. The van der Waals surface area contributed by atoms with Crippen molar-refractivity contribution in [1.82, 2.24) is 0 Å². The van der Waals surface area contributed by atoms with E-state index in [4.69, 9.17) is 9.31 Å². The van der Waals surface area contributed by atoms with Crippen molar-refractivity contribution in [2.75, 3.05) is 0 Å². The van der Waals surface area contributed by atoms with Crippen molar-refractivity contribution in [3.8, 4) is 0 Å². The highest BCUT2D eigenvalue weighted by molar-refractivity contribution is 6.54. The van der Waals surface area contributed by atoms with Gasteiger partial charge in [0.25, 0.3) is 0 Å². The number of hydrogen-bond donors (Lipinski definition) is 0. The molecular weight excluding hydrogens is 287 g/mol. The summed E-state index contributed by atoms with van der Waals surface area (Å²) in [5.41, 5.74) is -3.41. The van der Waals surface area contributed by atoms with Crippen LogP contribution in [0.25, 0.3) is 6.08 Å². The van der Waals surface area contributed by atoms with Gasteiger partial charge in [-0.25, -0.2) is 17.6 Å². The minimum Gasteiger partial charge on any atom is -0.398 e. The third-order valence-electron chi connectivity index (χ3n) is 3.84. The van der Waals surface area contributed by atoms with Gasteiger partial charge in [-0.2, -0.15) is 0 Å². The third-order valence-corrected chi connectivity index (χ3v) is 3.84. The van der Waals surface area contributed by atoms with E-state index in [-0.39, 0.29) is 0 Å². The van der Waals surface area contributed by atoms with Crippen LogP contribution in [0.3, 0.4) is 0 Å². The maximum Gasteiger partial charge on any atom is 0.525 e. The monoisotopic (exact) mass is 302 g/mol. The summed E-state index contributed by atoms with van der Waals surface area (Å²) < 4.78 is 65.0. The summed E-state index contributed by atoms with van der Waals surface area (Å²) in [6.45, 7) is 6.85. The number of halogens is 4. The highest BCUT2D eigenvalue weighted by atomic mass is 19.2. The Hall–Kier alpha value is -1.34. The van der Waals surface area contributed by atoms with E-state index >= 15 is 0 Å². The van der Waals surface area contributed by atoms with E-state index in [1.54, 1.807) is 27.7 Å². The van der Waals surface area contributed by atoms with Crippen LogP contribution in [0.2, 0.25) is 0 Å². The molecule has 0 radical (unpaired) electrons. The Morgan fingerprint density at radius 2 is 1.48 bits per heavy atom. The number of hydrogen-bond acceptors (Lipinski definition) is 2. The molecule has 2 nitrogen and oxygen atoms in total. The van der Waals surface area contributed by atoms with E-state index in [1.807, 2.05) is 0 Å². The first-order chi connectivity index (χ1) is 9.55. The Balaban J connectivity index is 2.34. The molecule has 1 aromatic rings. The smallest absolute Gasteiger partial charge is 0.398 e. The standard InChI is InChI=1S/C14H15BF4O2/c1-13(2)14(3,4)21-15(20-13)11(18)7-8-9(16)5-6-10(17)12(8)19/h5-7H,1-4H3. The lowest BCUT2D eigenvalue weighted by molar-refractivity contribution is 0.00578. The summed E-state index contributed by atoms with van der Waals surface area (Å²) in [5, 5.41) is 0. The molecule has 2 rings (SSSR count). The summed E-state index contributed by atoms with van der Waals surface area (Å²) in [7, 11) is -1.39. The van der Waals surface area contributed by atoms with E-state index < -0.39 is 47.1 Å². The van der Waals surface area contributed by atoms with Crippen LogP contribution in [0.1, 0.15) is 33.3 Å². The lowest BCUT2D eigenvalue weighted by atomic mass is 9.86. The van der Waals surface area contributed by atoms with Crippen molar-refractivity contribution in [2.24, 2.45) is 0 Å². The molecule has 0 saturated carbocycles. The SMILES string of the molecule is CC1(C)OB(C(F)=Cc2c(F)ccc(F)c2F)OC1(C)C. The van der Waals surface area contributed by atoms with Crippen LogP contribution in [-0.4, -0.2) is 18.3 Å². The Kier molecular flexibility index (Phi) is 3.93. The summed E-state index contributed by atoms with van der Waals surface area (Å²) >= 11 is 0. The molecule has 1 heterocycles. The van der Waals surface area contributed by atoms with Crippen LogP contribution in [0.15, 0.2) is 17.9 Å². The average Bonchev–Trinajstić information content (AvgIpc) is 2.59. The minimum atomic E-state index is -1.46. The van der Waals surface area contributed by atoms with Gasteiger partial charge >= 0.3 is 7.12 Å². The van der Waals surface area contributed by atoms with Crippen molar-refractivity contribution < 1.29 is 26.9 Å². The first-order valence-corrected chi connectivity index (χ1v) is 6.41. The van der Waals surface area contributed by atoms with Gasteiger partial charge in [0.05, 0.1) is 16.8 Å². The summed E-state index contributed by atoms with van der Waals surface area (Å²) in [4.78, 5) is 0. The zero-order valence-electron chi connectivity index (χ0n) is 12.1. The van der Waals surface area contributed by atoms with Crippen LogP contribution in [0.5, 0.6) is 0 Å². The van der Waals surface area contributed by atoms with Crippen molar-refractivity contribution in [3.05, 3.63) is 40.9 Å². The third kappa shape index (κ3) is 2.85. The second kappa shape index (κ2) is 5.14. The molecule has 0 aromatic heterocycles. The first kappa shape index (κ1) is 16.0. The molecule has 0 aliphatic carbocycles. The minimum absolute atomic E-state index is 0.551. The molecule has 1 aliphatic rings. The van der Waals surface area contributed by atoms with Gasteiger partial charge in [-0.1, -0.05) is 0 Å². The highest BCUT2D eigenvalue weighted by Gasteiger charge is 2.53. The largest absolute Gasteiger partial charge is 0.525 e. The second-order valence-electron chi connectivity index (χ2n) is 5.87. The number of benzene rings is 1. The summed E-state index contributed by atoms with van der Waals surface area (Å²) in [6, 6.07) is 1.36. The van der Waals surface area contributed by atoms with E-state index in [0.717, 1.165) is 6.07 Å². The maximum atomic E-state index is 14.1. The normalized spacial score (nSPS) is 21.0. The molecule has 0 amide bonds. The van der Waals surface area contributed by atoms with Crippen molar-refractivity contribution in [3.63, 3.8) is 0 Å². The van der Waals surface area contributed by atoms with Crippen molar-refractivity contribution >= 4 is 13.2 Å². The molecule has 0 unspecified atom stereocenters. The Morgan fingerprint density at radius 1 is 1.00 bits per heavy atom. The zero-order valence-corrected chi connectivity index (χ0v) is 12.1. The Morgan fingerprint density at radius 3 is 2.00 bits per heavy atom. The van der Waals surface area contributed by atoms with Gasteiger partial charge in [-0.3, -0.25) is 0 Å². The molecule has 0 atom stereocenters. The topological polar surface area (TPSA) is 18.5 Å². The van der Waals surface area contributed by atoms with Crippen LogP contribution in [0.4, 0.5) is 17.6 Å². The summed E-state index contributed by atoms with van der Waals surface area (Å²) in [6.07, 6.45) is 0.551. The molecule has 0 N–H and O–H groups in total. The molecule has 7 heteroatoms. The fraction of sp³-hybridized carbons (Fsp3) is 0.429. The van der Waals surface area contributed by atoms with Crippen LogP contribution < -0.4 is 0 Å². The van der Waals surface area contributed by atoms with Crippen LogP contribution in [0, 0.1) is 17.5 Å². The van der Waals surface area contributed by atoms with Crippen LogP contribution >= 0.6 is 0 Å². The fourth-order valence-electron chi connectivity index (χ4n) is 1.84. The number of rotatable bonds is 2. The van der Waals surface area contributed by atoms with E-state index in [1.165, 1.54) is 0 Å². The predicted octanol–water partition coefficient (Wildman–Crippen LogP) is 4.05. The van der Waals surface area contributed by atoms with E-state index in [9.17, 15) is 17.6 Å². The molecule has 1 fully saturated rings. The van der Waals surface area contributed by atoms with Crippen molar-refractivity contribution in [2.45, 2.75) is 38.9 Å². The van der Waals surface area contributed by atoms with E-state index in [2.05, 4.69) is 0 Å². The quantitative estimate of drug-likeness (QED) is 0.466. The molecule has 1 aliphatic heterocycles. The van der Waals surface area contributed by atoms with Crippen LogP contribution in [-0.2, 0) is 9.31 Å². The van der Waals surface area contributed by atoms with Gasteiger partial charge in [0.2, 0.25) is 0 Å². The highest BCUT2D eigenvalue weighted by Crippen LogP contribution is 2.39. The van der Waals surface area contributed by atoms with Gasteiger partial charge in [0, 0.05) is 0 Å². The van der Waals surface area contributed by atoms with Gasteiger partial charge in [0.1, 0.15) is 11.5 Å². The lowest BCUT2D eigenvalue weighted by Crippen LogP contribution is -2.41. The van der Waals surface area contributed by atoms with Crippen molar-refractivity contribution in [1.29, 1.82) is 0 Å². The van der Waals surface area contributed by atoms with Gasteiger partial charge in [-0.15, -0.1) is 0 Å². The van der Waals surface area contributed by atoms with Gasteiger partial charge in [0.15, 0.2) is 11.6 Å².